The van der Waals surface area contributed by atoms with Crippen LogP contribution in [0.3, 0.4) is 0 Å². The van der Waals surface area contributed by atoms with Gasteiger partial charge in [0.25, 0.3) is 11.8 Å². The maximum absolute atomic E-state index is 12.8. The van der Waals surface area contributed by atoms with Crippen LogP contribution in [0, 0.1) is 0 Å². The summed E-state index contributed by atoms with van der Waals surface area (Å²) in [7, 11) is 0. The molecule has 5 rings (SSSR count). The maximum Gasteiger partial charge on any atom is 0.267 e. The van der Waals surface area contributed by atoms with Crippen molar-refractivity contribution in [3.05, 3.63) is 102 Å². The summed E-state index contributed by atoms with van der Waals surface area (Å²) in [5.74, 6) is 0.137. The first-order valence-corrected chi connectivity index (χ1v) is 13.8. The number of carbonyl (C=O) groups excluding carboxylic acids is 2. The molecule has 4 N–H and O–H groups in total. The lowest BCUT2D eigenvalue weighted by Crippen LogP contribution is -2.50. The lowest BCUT2D eigenvalue weighted by atomic mass is 10.1. The van der Waals surface area contributed by atoms with Gasteiger partial charge in [0.1, 0.15) is 5.75 Å². The Morgan fingerprint density at radius 3 is 2.51 bits per heavy atom. The third-order valence-electron chi connectivity index (χ3n) is 7.27. The van der Waals surface area contributed by atoms with Crippen molar-refractivity contribution < 1.29 is 19.5 Å². The molecule has 2 heterocycles. The summed E-state index contributed by atoms with van der Waals surface area (Å²) in [5, 5.41) is 13.1. The van der Waals surface area contributed by atoms with Crippen molar-refractivity contribution in [2.24, 2.45) is 0 Å². The quantitative estimate of drug-likeness (QED) is 0.0975. The molecule has 2 amide bonds. The molecule has 0 unspecified atom stereocenters. The van der Waals surface area contributed by atoms with E-state index in [0.717, 1.165) is 54.6 Å². The Bertz CT molecular complexity index is 1480. The monoisotopic (exact) mass is 553 g/mol. The first-order valence-electron chi connectivity index (χ1n) is 13.8. The zero-order valence-corrected chi connectivity index (χ0v) is 22.9. The molecule has 1 fully saturated rings. The minimum absolute atomic E-state index is 0.0102. The van der Waals surface area contributed by atoms with Crippen molar-refractivity contribution in [2.45, 2.75) is 13.0 Å². The molecule has 4 aromatic rings. The van der Waals surface area contributed by atoms with Crippen LogP contribution in [0.2, 0.25) is 0 Å². The van der Waals surface area contributed by atoms with E-state index in [1.807, 2.05) is 71.8 Å². The standard InChI is InChI=1S/C32H35N5O4/c38-31(35-40)13-10-24-6-8-25(9-7-24)21-33-15-14-26-22-34-30-12-11-28(20-29(26)30)41-23-32(39)37-18-16-36(17-19-37)27-4-2-1-3-5-27/h1-13,20,22,33-34,40H,14-19,21,23H2,(H,35,38). The molecule has 9 nitrogen and oxygen atoms in total. The Kier molecular flexibility index (Phi) is 9.30. The molecule has 1 aliphatic rings. The second-order valence-corrected chi connectivity index (χ2v) is 9.99. The zero-order chi connectivity index (χ0) is 28.4. The van der Waals surface area contributed by atoms with Crippen LogP contribution in [0.15, 0.2) is 85.1 Å². The number of hydroxylamine groups is 1. The molecular weight excluding hydrogens is 518 g/mol. The fourth-order valence-corrected chi connectivity index (χ4v) is 4.95. The first kappa shape index (κ1) is 27.9. The minimum atomic E-state index is -0.561. The second kappa shape index (κ2) is 13.6. The highest BCUT2D eigenvalue weighted by atomic mass is 16.5. The number of amides is 2. The number of H-pyrrole nitrogens is 1. The molecule has 9 heteroatoms. The molecule has 0 bridgehead atoms. The molecule has 0 spiro atoms. The molecular formula is C32H35N5O4. The lowest BCUT2D eigenvalue weighted by Gasteiger charge is -2.36. The van der Waals surface area contributed by atoms with E-state index in [1.54, 1.807) is 11.6 Å². The number of hydrogen-bond donors (Lipinski definition) is 4. The van der Waals surface area contributed by atoms with Crippen LogP contribution in [0.25, 0.3) is 17.0 Å². The summed E-state index contributed by atoms with van der Waals surface area (Å²) >= 11 is 0. The van der Waals surface area contributed by atoms with Crippen molar-refractivity contribution in [3.63, 3.8) is 0 Å². The van der Waals surface area contributed by atoms with Gasteiger partial charge in [0.2, 0.25) is 0 Å². The molecule has 0 saturated carbocycles. The molecule has 1 aliphatic heterocycles. The number of para-hydroxylation sites is 1. The van der Waals surface area contributed by atoms with Gasteiger partial charge in [0.15, 0.2) is 6.61 Å². The average Bonchev–Trinajstić information content (AvgIpc) is 3.44. The molecule has 3 aromatic carbocycles. The number of fused-ring (bicyclic) bond motifs is 1. The van der Waals surface area contributed by atoms with Crippen molar-refractivity contribution in [3.8, 4) is 5.75 Å². The smallest absolute Gasteiger partial charge is 0.267 e. The number of nitrogens with zero attached hydrogens (tertiary/aromatic N) is 2. The van der Waals surface area contributed by atoms with Gasteiger partial charge in [-0.15, -0.1) is 0 Å². The van der Waals surface area contributed by atoms with Crippen LogP contribution in [0.4, 0.5) is 5.69 Å². The van der Waals surface area contributed by atoms with Crippen LogP contribution in [0.1, 0.15) is 16.7 Å². The molecule has 0 aliphatic carbocycles. The van der Waals surface area contributed by atoms with E-state index < -0.39 is 5.91 Å². The van der Waals surface area contributed by atoms with Gasteiger partial charge >= 0.3 is 0 Å². The van der Waals surface area contributed by atoms with E-state index in [-0.39, 0.29) is 12.5 Å². The van der Waals surface area contributed by atoms with Crippen molar-refractivity contribution >= 4 is 34.5 Å². The number of nitrogens with one attached hydrogen (secondary N) is 3. The van der Waals surface area contributed by atoms with E-state index >= 15 is 0 Å². The van der Waals surface area contributed by atoms with Crippen LogP contribution in [-0.2, 0) is 22.6 Å². The predicted molar refractivity (Wildman–Crippen MR) is 160 cm³/mol. The molecule has 41 heavy (non-hydrogen) atoms. The van der Waals surface area contributed by atoms with E-state index in [4.69, 9.17) is 9.94 Å². The van der Waals surface area contributed by atoms with Gasteiger partial charge in [-0.2, -0.15) is 0 Å². The number of aromatic nitrogens is 1. The summed E-state index contributed by atoms with van der Waals surface area (Å²) in [5.41, 5.74) is 7.00. The van der Waals surface area contributed by atoms with Crippen LogP contribution in [0.5, 0.6) is 5.75 Å². The summed E-state index contributed by atoms with van der Waals surface area (Å²) in [6, 6.07) is 24.0. The second-order valence-electron chi connectivity index (χ2n) is 9.99. The summed E-state index contributed by atoms with van der Waals surface area (Å²) in [4.78, 5) is 31.4. The van der Waals surface area contributed by atoms with Gasteiger partial charge < -0.3 is 24.8 Å². The largest absolute Gasteiger partial charge is 0.484 e. The summed E-state index contributed by atoms with van der Waals surface area (Å²) in [6.45, 7) is 4.56. The average molecular weight is 554 g/mol. The van der Waals surface area contributed by atoms with Crippen LogP contribution in [-0.4, -0.2) is 66.2 Å². The van der Waals surface area contributed by atoms with E-state index in [9.17, 15) is 9.59 Å². The Balaban J connectivity index is 1.07. The normalized spacial score (nSPS) is 13.6. The number of hydrogen-bond acceptors (Lipinski definition) is 6. The summed E-state index contributed by atoms with van der Waals surface area (Å²) < 4.78 is 5.92. The number of benzene rings is 3. The fourth-order valence-electron chi connectivity index (χ4n) is 4.95. The van der Waals surface area contributed by atoms with Gasteiger partial charge in [-0.1, -0.05) is 42.5 Å². The number of ether oxygens (including phenoxy) is 1. The molecule has 1 aromatic heterocycles. The Morgan fingerprint density at radius 2 is 1.76 bits per heavy atom. The predicted octanol–water partition coefficient (Wildman–Crippen LogP) is 3.75. The minimum Gasteiger partial charge on any atom is -0.484 e. The SMILES string of the molecule is O=C(C=Cc1ccc(CNCCc2c[nH]c3ccc(OCC(=O)N4CCN(c5ccccc5)CC4)cc23)cc1)NO. The Morgan fingerprint density at radius 1 is 0.976 bits per heavy atom. The molecule has 212 valence electrons. The molecule has 0 radical (unpaired) electrons. The van der Waals surface area contributed by atoms with E-state index in [1.165, 1.54) is 17.3 Å². The number of piperazine rings is 1. The van der Waals surface area contributed by atoms with Gasteiger partial charge in [0, 0.05) is 61.6 Å². The number of rotatable bonds is 11. The highest BCUT2D eigenvalue weighted by molar-refractivity contribution is 5.90. The highest BCUT2D eigenvalue weighted by Crippen LogP contribution is 2.24. The molecule has 1 saturated heterocycles. The maximum atomic E-state index is 12.8. The lowest BCUT2D eigenvalue weighted by molar-refractivity contribution is -0.133. The van der Waals surface area contributed by atoms with E-state index in [2.05, 4.69) is 27.3 Å². The third kappa shape index (κ3) is 7.53. The van der Waals surface area contributed by atoms with Crippen molar-refractivity contribution in [2.75, 3.05) is 44.2 Å². The van der Waals surface area contributed by atoms with E-state index in [0.29, 0.717) is 18.8 Å². The molecule has 0 atom stereocenters. The van der Waals surface area contributed by atoms with Gasteiger partial charge in [-0.25, -0.2) is 5.48 Å². The third-order valence-corrected chi connectivity index (χ3v) is 7.27. The zero-order valence-electron chi connectivity index (χ0n) is 22.9. The highest BCUT2D eigenvalue weighted by Gasteiger charge is 2.21. The number of anilines is 1. The van der Waals surface area contributed by atoms with Gasteiger partial charge in [-0.3, -0.25) is 14.8 Å². The summed E-state index contributed by atoms with van der Waals surface area (Å²) in [6.07, 6.45) is 5.78. The Hall–Kier alpha value is -4.60. The fraction of sp³-hybridized carbons (Fsp3) is 0.250. The van der Waals surface area contributed by atoms with Crippen LogP contribution >= 0.6 is 0 Å². The van der Waals surface area contributed by atoms with Crippen LogP contribution < -0.4 is 20.4 Å². The number of aromatic amines is 1. The van der Waals surface area contributed by atoms with Gasteiger partial charge in [0.05, 0.1) is 0 Å². The topological polar surface area (TPSA) is 110 Å². The first-order chi connectivity index (χ1) is 20.1. The van der Waals surface area contributed by atoms with Gasteiger partial charge in [-0.05, 0) is 66.1 Å². The number of carbonyl (C=O) groups is 2. The van der Waals surface area contributed by atoms with Crippen molar-refractivity contribution in [1.29, 1.82) is 0 Å². The van der Waals surface area contributed by atoms with Crippen molar-refractivity contribution in [1.82, 2.24) is 20.7 Å². The Labute approximate surface area is 239 Å².